The summed E-state index contributed by atoms with van der Waals surface area (Å²) in [6, 6.07) is 12.7. The van der Waals surface area contributed by atoms with Gasteiger partial charge in [0, 0.05) is 28.2 Å². The molecular formula is C15H15Cl2NO. The molecule has 0 aliphatic heterocycles. The fourth-order valence-corrected chi connectivity index (χ4v) is 2.34. The molecule has 2 N–H and O–H groups in total. The van der Waals surface area contributed by atoms with Gasteiger partial charge in [0.05, 0.1) is 0 Å². The Balaban J connectivity index is 2.07. The van der Waals surface area contributed by atoms with E-state index in [4.69, 9.17) is 23.2 Å². The van der Waals surface area contributed by atoms with Crippen molar-refractivity contribution in [3.05, 3.63) is 63.6 Å². The SMILES string of the molecule is CC(NCc1ccccc1O)c1cc(Cl)ccc1Cl. The first kappa shape index (κ1) is 14.2. The predicted octanol–water partition coefficient (Wildman–Crippen LogP) is 4.55. The Kier molecular flexibility index (Phi) is 4.70. The normalized spacial score (nSPS) is 12.4. The van der Waals surface area contributed by atoms with Gasteiger partial charge in [0.25, 0.3) is 0 Å². The van der Waals surface area contributed by atoms with Crippen LogP contribution in [0.2, 0.25) is 10.0 Å². The van der Waals surface area contributed by atoms with E-state index >= 15 is 0 Å². The van der Waals surface area contributed by atoms with Gasteiger partial charge in [-0.1, -0.05) is 41.4 Å². The number of phenols is 1. The lowest BCUT2D eigenvalue weighted by molar-refractivity contribution is 0.460. The molecule has 0 saturated heterocycles. The number of rotatable bonds is 4. The van der Waals surface area contributed by atoms with Gasteiger partial charge in [-0.2, -0.15) is 0 Å². The Morgan fingerprint density at radius 2 is 1.89 bits per heavy atom. The highest BCUT2D eigenvalue weighted by atomic mass is 35.5. The molecule has 19 heavy (non-hydrogen) atoms. The van der Waals surface area contributed by atoms with Gasteiger partial charge >= 0.3 is 0 Å². The topological polar surface area (TPSA) is 32.3 Å². The van der Waals surface area contributed by atoms with Crippen LogP contribution in [0, 0.1) is 0 Å². The number of para-hydroxylation sites is 1. The summed E-state index contributed by atoms with van der Waals surface area (Å²) < 4.78 is 0. The van der Waals surface area contributed by atoms with Gasteiger partial charge in [-0.15, -0.1) is 0 Å². The van der Waals surface area contributed by atoms with Crippen molar-refractivity contribution in [2.45, 2.75) is 19.5 Å². The molecule has 1 unspecified atom stereocenters. The first-order chi connectivity index (χ1) is 9.08. The molecule has 2 nitrogen and oxygen atoms in total. The first-order valence-corrected chi connectivity index (χ1v) is 6.78. The monoisotopic (exact) mass is 295 g/mol. The van der Waals surface area contributed by atoms with E-state index < -0.39 is 0 Å². The van der Waals surface area contributed by atoms with Gasteiger partial charge in [0.2, 0.25) is 0 Å². The summed E-state index contributed by atoms with van der Waals surface area (Å²) in [5, 5.41) is 14.4. The van der Waals surface area contributed by atoms with E-state index in [9.17, 15) is 5.11 Å². The predicted molar refractivity (Wildman–Crippen MR) is 79.8 cm³/mol. The second-order valence-corrected chi connectivity index (χ2v) is 5.24. The van der Waals surface area contributed by atoms with Crippen molar-refractivity contribution in [1.29, 1.82) is 0 Å². The number of benzene rings is 2. The molecule has 2 rings (SSSR count). The van der Waals surface area contributed by atoms with Gasteiger partial charge < -0.3 is 10.4 Å². The van der Waals surface area contributed by atoms with Crippen molar-refractivity contribution in [3.63, 3.8) is 0 Å². The highest BCUT2D eigenvalue weighted by Crippen LogP contribution is 2.26. The molecule has 0 bridgehead atoms. The Labute approximate surface area is 123 Å². The maximum absolute atomic E-state index is 9.71. The summed E-state index contributed by atoms with van der Waals surface area (Å²) in [5.74, 6) is 0.291. The Morgan fingerprint density at radius 1 is 1.16 bits per heavy atom. The van der Waals surface area contributed by atoms with Gasteiger partial charge in [-0.05, 0) is 36.8 Å². The number of halogens is 2. The molecular weight excluding hydrogens is 281 g/mol. The van der Waals surface area contributed by atoms with E-state index in [1.54, 1.807) is 24.3 Å². The highest BCUT2D eigenvalue weighted by molar-refractivity contribution is 6.33. The van der Waals surface area contributed by atoms with E-state index in [0.29, 0.717) is 22.3 Å². The minimum Gasteiger partial charge on any atom is -0.508 e. The van der Waals surface area contributed by atoms with Crippen LogP contribution in [0.5, 0.6) is 5.75 Å². The molecule has 2 aromatic carbocycles. The molecule has 0 spiro atoms. The Hall–Kier alpha value is -1.22. The zero-order chi connectivity index (χ0) is 13.8. The standard InChI is InChI=1S/C15H15Cl2NO/c1-10(13-8-12(16)6-7-14(13)17)18-9-11-4-2-3-5-15(11)19/h2-8,10,18-19H,9H2,1H3. The smallest absolute Gasteiger partial charge is 0.120 e. The van der Waals surface area contributed by atoms with Gasteiger partial charge in [-0.3, -0.25) is 0 Å². The minimum absolute atomic E-state index is 0.0470. The van der Waals surface area contributed by atoms with Crippen LogP contribution in [0.4, 0.5) is 0 Å². The van der Waals surface area contributed by atoms with Crippen LogP contribution in [0.25, 0.3) is 0 Å². The minimum atomic E-state index is 0.0470. The molecule has 0 heterocycles. The molecule has 100 valence electrons. The number of hydrogen-bond donors (Lipinski definition) is 2. The molecule has 0 radical (unpaired) electrons. The number of hydrogen-bond acceptors (Lipinski definition) is 2. The molecule has 2 aromatic rings. The fourth-order valence-electron chi connectivity index (χ4n) is 1.88. The van der Waals surface area contributed by atoms with Crippen LogP contribution < -0.4 is 5.32 Å². The van der Waals surface area contributed by atoms with E-state index in [-0.39, 0.29) is 6.04 Å². The van der Waals surface area contributed by atoms with Crippen molar-refractivity contribution >= 4 is 23.2 Å². The molecule has 0 aliphatic rings. The van der Waals surface area contributed by atoms with Crippen molar-refractivity contribution in [3.8, 4) is 5.75 Å². The average molecular weight is 296 g/mol. The van der Waals surface area contributed by atoms with Gasteiger partial charge in [0.15, 0.2) is 0 Å². The Morgan fingerprint density at radius 3 is 2.63 bits per heavy atom. The molecule has 0 amide bonds. The largest absolute Gasteiger partial charge is 0.508 e. The molecule has 0 saturated carbocycles. The quantitative estimate of drug-likeness (QED) is 0.867. The van der Waals surface area contributed by atoms with Gasteiger partial charge in [-0.25, -0.2) is 0 Å². The van der Waals surface area contributed by atoms with Crippen LogP contribution in [0.1, 0.15) is 24.1 Å². The zero-order valence-electron chi connectivity index (χ0n) is 10.5. The third kappa shape index (κ3) is 3.63. The molecule has 0 aliphatic carbocycles. The molecule has 4 heteroatoms. The van der Waals surface area contributed by atoms with E-state index in [2.05, 4.69) is 5.32 Å². The highest BCUT2D eigenvalue weighted by Gasteiger charge is 2.10. The van der Waals surface area contributed by atoms with Crippen molar-refractivity contribution < 1.29 is 5.11 Å². The molecule has 0 aromatic heterocycles. The fraction of sp³-hybridized carbons (Fsp3) is 0.200. The van der Waals surface area contributed by atoms with Crippen LogP contribution in [-0.2, 0) is 6.54 Å². The van der Waals surface area contributed by atoms with Crippen molar-refractivity contribution in [2.24, 2.45) is 0 Å². The molecule has 0 fully saturated rings. The van der Waals surface area contributed by atoms with E-state index in [1.165, 1.54) is 0 Å². The lowest BCUT2D eigenvalue weighted by Gasteiger charge is -2.16. The van der Waals surface area contributed by atoms with E-state index in [0.717, 1.165) is 11.1 Å². The lowest BCUT2D eigenvalue weighted by Crippen LogP contribution is -2.18. The van der Waals surface area contributed by atoms with Gasteiger partial charge in [0.1, 0.15) is 5.75 Å². The first-order valence-electron chi connectivity index (χ1n) is 6.03. The summed E-state index contributed by atoms with van der Waals surface area (Å²) in [5.41, 5.74) is 1.80. The summed E-state index contributed by atoms with van der Waals surface area (Å²) in [6.07, 6.45) is 0. The maximum Gasteiger partial charge on any atom is 0.120 e. The average Bonchev–Trinajstić information content (AvgIpc) is 2.40. The molecule has 1 atom stereocenters. The lowest BCUT2D eigenvalue weighted by atomic mass is 10.1. The number of nitrogens with one attached hydrogen (secondary N) is 1. The third-order valence-corrected chi connectivity index (χ3v) is 3.59. The second-order valence-electron chi connectivity index (χ2n) is 4.40. The summed E-state index contributed by atoms with van der Waals surface area (Å²) in [7, 11) is 0. The van der Waals surface area contributed by atoms with Crippen molar-refractivity contribution in [2.75, 3.05) is 0 Å². The Bertz CT molecular complexity index is 572. The third-order valence-electron chi connectivity index (χ3n) is 3.01. The van der Waals surface area contributed by atoms with Crippen LogP contribution in [-0.4, -0.2) is 5.11 Å². The summed E-state index contributed by atoms with van der Waals surface area (Å²) in [4.78, 5) is 0. The number of phenolic OH excluding ortho intramolecular Hbond substituents is 1. The maximum atomic E-state index is 9.71. The van der Waals surface area contributed by atoms with Crippen LogP contribution in [0.3, 0.4) is 0 Å². The number of aromatic hydroxyl groups is 1. The summed E-state index contributed by atoms with van der Waals surface area (Å²) >= 11 is 12.1. The van der Waals surface area contributed by atoms with Crippen LogP contribution >= 0.6 is 23.2 Å². The van der Waals surface area contributed by atoms with Crippen molar-refractivity contribution in [1.82, 2.24) is 5.32 Å². The van der Waals surface area contributed by atoms with Crippen LogP contribution in [0.15, 0.2) is 42.5 Å². The van der Waals surface area contributed by atoms with E-state index in [1.807, 2.05) is 25.1 Å². The second kappa shape index (κ2) is 6.29. The summed E-state index contributed by atoms with van der Waals surface area (Å²) in [6.45, 7) is 2.58. The zero-order valence-corrected chi connectivity index (χ0v) is 12.0.